The van der Waals surface area contributed by atoms with Crippen LogP contribution in [-0.4, -0.2) is 58.3 Å². The summed E-state index contributed by atoms with van der Waals surface area (Å²) >= 11 is 0. The average molecular weight is 290 g/mol. The molecule has 0 N–H and O–H groups in total. The van der Waals surface area contributed by atoms with Crippen LogP contribution in [-0.2, 0) is 6.42 Å². The van der Waals surface area contributed by atoms with Gasteiger partial charge >= 0.3 is 0 Å². The topological polar surface area (TPSA) is 40.9 Å². The SMILES string of the molecule is CCc1nc2ccc(F)cn2c1C(=O)N1CCN(C)CC1. The predicted molar refractivity (Wildman–Crippen MR) is 77.9 cm³/mol. The Labute approximate surface area is 123 Å². The number of halogens is 1. The van der Waals surface area contributed by atoms with Crippen molar-refractivity contribution in [3.63, 3.8) is 0 Å². The van der Waals surface area contributed by atoms with Crippen molar-refractivity contribution < 1.29 is 9.18 Å². The first kappa shape index (κ1) is 14.0. The van der Waals surface area contributed by atoms with E-state index >= 15 is 0 Å². The number of hydrogen-bond acceptors (Lipinski definition) is 3. The number of fused-ring (bicyclic) bond motifs is 1. The summed E-state index contributed by atoms with van der Waals surface area (Å²) in [6.45, 7) is 5.07. The molecule has 2 aromatic heterocycles. The van der Waals surface area contributed by atoms with Crippen molar-refractivity contribution in [3.05, 3.63) is 35.5 Å². The van der Waals surface area contributed by atoms with E-state index in [1.165, 1.54) is 12.3 Å². The maximum Gasteiger partial charge on any atom is 0.272 e. The fourth-order valence-electron chi connectivity index (χ4n) is 2.70. The highest BCUT2D eigenvalue weighted by Crippen LogP contribution is 2.17. The van der Waals surface area contributed by atoms with Gasteiger partial charge in [-0.1, -0.05) is 6.92 Å². The molecule has 1 aliphatic rings. The summed E-state index contributed by atoms with van der Waals surface area (Å²) < 4.78 is 15.1. The van der Waals surface area contributed by atoms with Crippen molar-refractivity contribution in [2.45, 2.75) is 13.3 Å². The van der Waals surface area contributed by atoms with Crippen LogP contribution in [0, 0.1) is 5.82 Å². The second kappa shape index (κ2) is 5.44. The molecule has 6 heteroatoms. The molecule has 1 aliphatic heterocycles. The van der Waals surface area contributed by atoms with Crippen molar-refractivity contribution in [3.8, 4) is 0 Å². The lowest BCUT2D eigenvalue weighted by Crippen LogP contribution is -2.47. The molecule has 1 fully saturated rings. The number of imidazole rings is 1. The van der Waals surface area contributed by atoms with Gasteiger partial charge in [0.25, 0.3) is 5.91 Å². The molecule has 0 unspecified atom stereocenters. The molecule has 0 aliphatic carbocycles. The highest BCUT2D eigenvalue weighted by Gasteiger charge is 2.26. The Morgan fingerprint density at radius 1 is 1.29 bits per heavy atom. The molecular weight excluding hydrogens is 271 g/mol. The summed E-state index contributed by atoms with van der Waals surface area (Å²) in [6.07, 6.45) is 1.99. The van der Waals surface area contributed by atoms with Gasteiger partial charge in [0, 0.05) is 32.4 Å². The fourth-order valence-corrected chi connectivity index (χ4v) is 2.70. The Bertz CT molecular complexity index is 674. The van der Waals surface area contributed by atoms with E-state index in [9.17, 15) is 9.18 Å². The average Bonchev–Trinajstić information content (AvgIpc) is 2.85. The Balaban J connectivity index is 2.01. The lowest BCUT2D eigenvalue weighted by molar-refractivity contribution is 0.0656. The summed E-state index contributed by atoms with van der Waals surface area (Å²) in [5, 5.41) is 0. The van der Waals surface area contributed by atoms with E-state index in [2.05, 4.69) is 9.88 Å². The molecule has 5 nitrogen and oxygen atoms in total. The molecule has 0 aromatic carbocycles. The van der Waals surface area contributed by atoms with E-state index in [4.69, 9.17) is 0 Å². The normalized spacial score (nSPS) is 16.6. The third-order valence-corrected chi connectivity index (χ3v) is 3.98. The predicted octanol–water partition coefficient (Wildman–Crippen LogP) is 1.42. The van der Waals surface area contributed by atoms with Crippen molar-refractivity contribution >= 4 is 11.6 Å². The molecule has 1 amide bonds. The molecule has 0 spiro atoms. The lowest BCUT2D eigenvalue weighted by atomic mass is 10.2. The lowest BCUT2D eigenvalue weighted by Gasteiger charge is -2.32. The summed E-state index contributed by atoms with van der Waals surface area (Å²) in [6, 6.07) is 2.97. The second-order valence-corrected chi connectivity index (χ2v) is 5.43. The number of carbonyl (C=O) groups is 1. The van der Waals surface area contributed by atoms with Crippen LogP contribution in [0.2, 0.25) is 0 Å². The first-order valence-electron chi connectivity index (χ1n) is 7.24. The van der Waals surface area contributed by atoms with Gasteiger partial charge in [0.05, 0.1) is 5.69 Å². The zero-order chi connectivity index (χ0) is 15.0. The van der Waals surface area contributed by atoms with E-state index in [0.29, 0.717) is 30.9 Å². The third-order valence-electron chi connectivity index (χ3n) is 3.98. The number of rotatable bonds is 2. The Morgan fingerprint density at radius 3 is 2.67 bits per heavy atom. The number of piperazine rings is 1. The van der Waals surface area contributed by atoms with Gasteiger partial charge in [0.2, 0.25) is 0 Å². The molecule has 1 saturated heterocycles. The highest BCUT2D eigenvalue weighted by atomic mass is 19.1. The van der Waals surface area contributed by atoms with Gasteiger partial charge < -0.3 is 9.80 Å². The van der Waals surface area contributed by atoms with Crippen LogP contribution in [0.1, 0.15) is 23.1 Å². The Hall–Kier alpha value is -1.95. The van der Waals surface area contributed by atoms with Crippen molar-refractivity contribution in [1.29, 1.82) is 0 Å². The molecular formula is C15H19FN4O. The number of amides is 1. The number of aromatic nitrogens is 2. The van der Waals surface area contributed by atoms with Crippen molar-refractivity contribution in [2.75, 3.05) is 33.2 Å². The third kappa shape index (κ3) is 2.51. The number of carbonyl (C=O) groups excluding carboxylic acids is 1. The van der Waals surface area contributed by atoms with Crippen LogP contribution in [0.15, 0.2) is 18.3 Å². The molecule has 2 aromatic rings. The van der Waals surface area contributed by atoms with Crippen LogP contribution < -0.4 is 0 Å². The molecule has 0 atom stereocenters. The molecule has 3 heterocycles. The maximum atomic E-state index is 13.5. The zero-order valence-corrected chi connectivity index (χ0v) is 12.3. The maximum absolute atomic E-state index is 13.5. The van der Waals surface area contributed by atoms with Gasteiger partial charge in [0.1, 0.15) is 17.2 Å². The zero-order valence-electron chi connectivity index (χ0n) is 12.3. The monoisotopic (exact) mass is 290 g/mol. The van der Waals surface area contributed by atoms with Crippen LogP contribution in [0.3, 0.4) is 0 Å². The number of pyridine rings is 1. The molecule has 21 heavy (non-hydrogen) atoms. The van der Waals surface area contributed by atoms with Gasteiger partial charge in [-0.3, -0.25) is 9.20 Å². The number of aryl methyl sites for hydroxylation is 1. The minimum atomic E-state index is -0.366. The second-order valence-electron chi connectivity index (χ2n) is 5.43. The summed E-state index contributed by atoms with van der Waals surface area (Å²) in [4.78, 5) is 21.3. The largest absolute Gasteiger partial charge is 0.335 e. The van der Waals surface area contributed by atoms with Gasteiger partial charge in [-0.15, -0.1) is 0 Å². The van der Waals surface area contributed by atoms with Crippen LogP contribution >= 0.6 is 0 Å². The molecule has 0 bridgehead atoms. The van der Waals surface area contributed by atoms with E-state index in [-0.39, 0.29) is 11.7 Å². The van der Waals surface area contributed by atoms with Crippen molar-refractivity contribution in [2.24, 2.45) is 0 Å². The van der Waals surface area contributed by atoms with Crippen molar-refractivity contribution in [1.82, 2.24) is 19.2 Å². The molecule has 0 radical (unpaired) electrons. The van der Waals surface area contributed by atoms with Crippen LogP contribution in [0.5, 0.6) is 0 Å². The van der Waals surface area contributed by atoms with Gasteiger partial charge in [-0.2, -0.15) is 0 Å². The number of nitrogens with zero attached hydrogens (tertiary/aromatic N) is 4. The van der Waals surface area contributed by atoms with Crippen LogP contribution in [0.4, 0.5) is 4.39 Å². The van der Waals surface area contributed by atoms with E-state index in [0.717, 1.165) is 18.8 Å². The van der Waals surface area contributed by atoms with E-state index in [1.807, 2.05) is 18.9 Å². The first-order valence-corrected chi connectivity index (χ1v) is 7.24. The summed E-state index contributed by atoms with van der Waals surface area (Å²) in [5.74, 6) is -0.423. The fraction of sp³-hybridized carbons (Fsp3) is 0.467. The minimum absolute atomic E-state index is 0.0574. The minimum Gasteiger partial charge on any atom is -0.335 e. The Kier molecular flexibility index (Phi) is 3.63. The Morgan fingerprint density at radius 2 is 2.00 bits per heavy atom. The molecule has 112 valence electrons. The van der Waals surface area contributed by atoms with Crippen LogP contribution in [0.25, 0.3) is 5.65 Å². The van der Waals surface area contributed by atoms with Gasteiger partial charge in [-0.05, 0) is 25.6 Å². The van der Waals surface area contributed by atoms with Gasteiger partial charge in [-0.25, -0.2) is 9.37 Å². The molecule has 0 saturated carbocycles. The summed E-state index contributed by atoms with van der Waals surface area (Å²) in [7, 11) is 2.04. The standard InChI is InChI=1S/C15H19FN4O/c1-3-12-14(15(21)19-8-6-18(2)7-9-19)20-10-11(16)4-5-13(20)17-12/h4-5,10H,3,6-9H2,1-2H3. The smallest absolute Gasteiger partial charge is 0.272 e. The number of hydrogen-bond donors (Lipinski definition) is 0. The van der Waals surface area contributed by atoms with E-state index < -0.39 is 0 Å². The number of likely N-dealkylation sites (N-methyl/N-ethyl adjacent to an activating group) is 1. The highest BCUT2D eigenvalue weighted by molar-refractivity contribution is 5.94. The first-order chi connectivity index (χ1) is 10.1. The summed E-state index contributed by atoms with van der Waals surface area (Å²) in [5.41, 5.74) is 1.84. The van der Waals surface area contributed by atoms with E-state index in [1.54, 1.807) is 10.5 Å². The molecule has 3 rings (SSSR count). The quantitative estimate of drug-likeness (QED) is 0.840. The van der Waals surface area contributed by atoms with Gasteiger partial charge in [0.15, 0.2) is 0 Å².